The van der Waals surface area contributed by atoms with E-state index in [0.29, 0.717) is 0 Å². The topological polar surface area (TPSA) is 79.3 Å². The second kappa shape index (κ2) is 6.74. The van der Waals surface area contributed by atoms with Crippen LogP contribution < -0.4 is 5.32 Å². The molecule has 18 heavy (non-hydrogen) atoms. The largest absolute Gasteiger partial charge is 0.481 e. The van der Waals surface area contributed by atoms with Gasteiger partial charge in [-0.05, 0) is 25.5 Å². The molecule has 1 amide bonds. The van der Waals surface area contributed by atoms with E-state index in [0.717, 1.165) is 17.8 Å². The summed E-state index contributed by atoms with van der Waals surface area (Å²) in [5.74, 6) is -1.22. The highest BCUT2D eigenvalue weighted by Gasteiger charge is 2.14. The molecule has 0 aromatic carbocycles. The summed E-state index contributed by atoms with van der Waals surface area (Å²) in [6.45, 7) is 3.84. The van der Waals surface area contributed by atoms with Crippen LogP contribution >= 0.6 is 0 Å². The Bertz CT molecular complexity index is 432. The van der Waals surface area contributed by atoms with Crippen molar-refractivity contribution in [3.8, 4) is 0 Å². The highest BCUT2D eigenvalue weighted by molar-refractivity contribution is 5.80. The van der Waals surface area contributed by atoms with E-state index in [-0.39, 0.29) is 24.8 Å². The highest BCUT2D eigenvalue weighted by Crippen LogP contribution is 2.14. The van der Waals surface area contributed by atoms with Gasteiger partial charge in [0.05, 0.1) is 18.2 Å². The van der Waals surface area contributed by atoms with Crippen LogP contribution in [0.25, 0.3) is 0 Å². The van der Waals surface area contributed by atoms with E-state index in [1.807, 2.05) is 32.0 Å². The first-order chi connectivity index (χ1) is 8.52. The molecule has 0 spiro atoms. The Morgan fingerprint density at radius 2 is 2.11 bits per heavy atom. The fourth-order valence-electron chi connectivity index (χ4n) is 1.63. The van der Waals surface area contributed by atoms with Crippen LogP contribution in [0.5, 0.6) is 0 Å². The number of aromatic nitrogens is 1. The summed E-state index contributed by atoms with van der Waals surface area (Å²) in [4.78, 5) is 26.3. The van der Waals surface area contributed by atoms with Crippen molar-refractivity contribution in [3.05, 3.63) is 29.6 Å². The molecule has 0 bridgehead atoms. The van der Waals surface area contributed by atoms with Gasteiger partial charge < -0.3 is 10.4 Å². The Kier molecular flexibility index (Phi) is 5.30. The summed E-state index contributed by atoms with van der Waals surface area (Å²) < 4.78 is 0. The zero-order valence-corrected chi connectivity index (χ0v) is 10.6. The van der Waals surface area contributed by atoms with E-state index >= 15 is 0 Å². The zero-order chi connectivity index (χ0) is 13.5. The van der Waals surface area contributed by atoms with E-state index in [1.165, 1.54) is 0 Å². The Morgan fingerprint density at radius 1 is 1.39 bits per heavy atom. The summed E-state index contributed by atoms with van der Waals surface area (Å²) in [5, 5.41) is 11.3. The van der Waals surface area contributed by atoms with E-state index in [4.69, 9.17) is 5.11 Å². The van der Waals surface area contributed by atoms with Crippen molar-refractivity contribution in [1.82, 2.24) is 10.3 Å². The SMILES string of the molecule is CCC(NC(=O)CCC(=O)O)c1cccc(C)n1. The van der Waals surface area contributed by atoms with Gasteiger partial charge in [-0.2, -0.15) is 0 Å². The van der Waals surface area contributed by atoms with Crippen molar-refractivity contribution in [3.63, 3.8) is 0 Å². The number of carboxylic acids is 1. The molecule has 1 aromatic heterocycles. The third-order valence-electron chi connectivity index (χ3n) is 2.58. The lowest BCUT2D eigenvalue weighted by Crippen LogP contribution is -2.29. The first-order valence-corrected chi connectivity index (χ1v) is 5.97. The number of carbonyl (C=O) groups is 2. The van der Waals surface area contributed by atoms with Crippen LogP contribution in [0.3, 0.4) is 0 Å². The molecule has 0 saturated heterocycles. The number of amides is 1. The lowest BCUT2D eigenvalue weighted by Gasteiger charge is -2.16. The van der Waals surface area contributed by atoms with Crippen LogP contribution in [0.1, 0.15) is 43.6 Å². The van der Waals surface area contributed by atoms with Gasteiger partial charge in [0, 0.05) is 12.1 Å². The molecule has 1 atom stereocenters. The molecule has 5 heteroatoms. The summed E-state index contributed by atoms with van der Waals surface area (Å²) in [6, 6.07) is 5.48. The number of aliphatic carboxylic acids is 1. The molecule has 0 aliphatic carbocycles. The van der Waals surface area contributed by atoms with Crippen LogP contribution in [0.15, 0.2) is 18.2 Å². The minimum atomic E-state index is -0.966. The second-order valence-electron chi connectivity index (χ2n) is 4.13. The average Bonchev–Trinajstić information content (AvgIpc) is 2.33. The van der Waals surface area contributed by atoms with E-state index in [9.17, 15) is 9.59 Å². The number of pyridine rings is 1. The van der Waals surface area contributed by atoms with Gasteiger partial charge in [0.25, 0.3) is 0 Å². The van der Waals surface area contributed by atoms with Crippen molar-refractivity contribution in [2.24, 2.45) is 0 Å². The number of hydrogen-bond donors (Lipinski definition) is 2. The molecule has 98 valence electrons. The number of hydrogen-bond acceptors (Lipinski definition) is 3. The molecule has 0 radical (unpaired) electrons. The predicted octanol–water partition coefficient (Wildman–Crippen LogP) is 1.82. The van der Waals surface area contributed by atoms with Crippen LogP contribution in [0.4, 0.5) is 0 Å². The number of aryl methyl sites for hydroxylation is 1. The van der Waals surface area contributed by atoms with E-state index in [2.05, 4.69) is 10.3 Å². The molecule has 1 rings (SSSR count). The van der Waals surface area contributed by atoms with Gasteiger partial charge in [0.1, 0.15) is 0 Å². The number of rotatable bonds is 6. The standard InChI is InChI=1S/C13H18N2O3/c1-3-10(11-6-4-5-9(2)14-11)15-12(16)7-8-13(17)18/h4-6,10H,3,7-8H2,1-2H3,(H,15,16)(H,17,18). The highest BCUT2D eigenvalue weighted by atomic mass is 16.4. The first-order valence-electron chi connectivity index (χ1n) is 5.97. The van der Waals surface area contributed by atoms with Crippen molar-refractivity contribution in [1.29, 1.82) is 0 Å². The van der Waals surface area contributed by atoms with Gasteiger partial charge in [0.2, 0.25) is 5.91 Å². The normalized spacial score (nSPS) is 11.9. The van der Waals surface area contributed by atoms with Crippen LogP contribution in [0, 0.1) is 6.92 Å². The number of nitrogens with zero attached hydrogens (tertiary/aromatic N) is 1. The molecule has 1 aromatic rings. The molecule has 0 aliphatic heterocycles. The minimum absolute atomic E-state index is 0.00233. The monoisotopic (exact) mass is 250 g/mol. The van der Waals surface area contributed by atoms with Crippen molar-refractivity contribution < 1.29 is 14.7 Å². The maximum absolute atomic E-state index is 11.6. The number of carbonyl (C=O) groups excluding carboxylic acids is 1. The van der Waals surface area contributed by atoms with Crippen molar-refractivity contribution in [2.45, 2.75) is 39.2 Å². The third kappa shape index (κ3) is 4.53. The smallest absolute Gasteiger partial charge is 0.303 e. The summed E-state index contributed by atoms with van der Waals surface area (Å²) >= 11 is 0. The minimum Gasteiger partial charge on any atom is -0.481 e. The summed E-state index contributed by atoms with van der Waals surface area (Å²) in [5.41, 5.74) is 1.70. The molecule has 0 aliphatic rings. The quantitative estimate of drug-likeness (QED) is 0.807. The maximum Gasteiger partial charge on any atom is 0.303 e. The fraction of sp³-hybridized carbons (Fsp3) is 0.462. The molecular weight excluding hydrogens is 232 g/mol. The maximum atomic E-state index is 11.6. The van der Waals surface area contributed by atoms with Crippen LogP contribution in [-0.2, 0) is 9.59 Å². The fourth-order valence-corrected chi connectivity index (χ4v) is 1.63. The van der Waals surface area contributed by atoms with Gasteiger partial charge in [-0.3, -0.25) is 14.6 Å². The van der Waals surface area contributed by atoms with E-state index < -0.39 is 5.97 Å². The Labute approximate surface area is 106 Å². The third-order valence-corrected chi connectivity index (χ3v) is 2.58. The van der Waals surface area contributed by atoms with Gasteiger partial charge in [-0.25, -0.2) is 0 Å². The summed E-state index contributed by atoms with van der Waals surface area (Å²) in [6.07, 6.45) is 0.566. The summed E-state index contributed by atoms with van der Waals surface area (Å²) in [7, 11) is 0. The van der Waals surface area contributed by atoms with E-state index in [1.54, 1.807) is 0 Å². The molecule has 0 saturated carbocycles. The molecule has 2 N–H and O–H groups in total. The van der Waals surface area contributed by atoms with Gasteiger partial charge in [-0.1, -0.05) is 13.0 Å². The average molecular weight is 250 g/mol. The first kappa shape index (κ1) is 14.2. The zero-order valence-electron chi connectivity index (χ0n) is 10.6. The van der Waals surface area contributed by atoms with Crippen LogP contribution in [0.2, 0.25) is 0 Å². The Hall–Kier alpha value is -1.91. The lowest BCUT2D eigenvalue weighted by atomic mass is 10.1. The Morgan fingerprint density at radius 3 is 2.67 bits per heavy atom. The van der Waals surface area contributed by atoms with Crippen molar-refractivity contribution >= 4 is 11.9 Å². The number of carboxylic acid groups (broad SMARTS) is 1. The number of nitrogens with one attached hydrogen (secondary N) is 1. The second-order valence-corrected chi connectivity index (χ2v) is 4.13. The molecule has 1 unspecified atom stereocenters. The van der Waals surface area contributed by atoms with Gasteiger partial charge >= 0.3 is 5.97 Å². The van der Waals surface area contributed by atoms with Crippen LogP contribution in [-0.4, -0.2) is 22.0 Å². The molecule has 1 heterocycles. The van der Waals surface area contributed by atoms with Crippen molar-refractivity contribution in [2.75, 3.05) is 0 Å². The molecule has 5 nitrogen and oxygen atoms in total. The lowest BCUT2D eigenvalue weighted by molar-refractivity contribution is -0.138. The van der Waals surface area contributed by atoms with Gasteiger partial charge in [-0.15, -0.1) is 0 Å². The molecule has 0 fully saturated rings. The molecular formula is C13H18N2O3. The van der Waals surface area contributed by atoms with Gasteiger partial charge in [0.15, 0.2) is 0 Å². The Balaban J connectivity index is 2.62. The predicted molar refractivity (Wildman–Crippen MR) is 67.0 cm³/mol.